The van der Waals surface area contributed by atoms with Crippen molar-refractivity contribution in [3.63, 3.8) is 0 Å². The highest BCUT2D eigenvalue weighted by atomic mass is 16.5. The summed E-state index contributed by atoms with van der Waals surface area (Å²) in [6.07, 6.45) is 1.75. The van der Waals surface area contributed by atoms with Crippen LogP contribution >= 0.6 is 0 Å². The van der Waals surface area contributed by atoms with Crippen molar-refractivity contribution in [2.75, 3.05) is 6.61 Å². The predicted octanol–water partition coefficient (Wildman–Crippen LogP) is 0.696. The topological polar surface area (TPSA) is 66.8 Å². The molecule has 5 heteroatoms. The van der Waals surface area contributed by atoms with E-state index in [1.165, 1.54) is 12.1 Å². The molecular formula is C10H13BO4. The van der Waals surface area contributed by atoms with Crippen LogP contribution in [0.1, 0.15) is 16.8 Å². The Kier molecular flexibility index (Phi) is 4.03. The Balaban J connectivity index is 2.65. The van der Waals surface area contributed by atoms with Gasteiger partial charge in [0.2, 0.25) is 0 Å². The van der Waals surface area contributed by atoms with E-state index in [0.29, 0.717) is 6.61 Å². The highest BCUT2D eigenvalue weighted by molar-refractivity contribution is 6.08. The number of benzene rings is 1. The third kappa shape index (κ3) is 3.54. The highest BCUT2D eigenvalue weighted by Gasteiger charge is 2.09. The highest BCUT2D eigenvalue weighted by Crippen LogP contribution is 2.20. The van der Waals surface area contributed by atoms with Crippen molar-refractivity contribution in [2.45, 2.75) is 12.7 Å². The van der Waals surface area contributed by atoms with Crippen molar-refractivity contribution in [3.05, 3.63) is 23.8 Å². The van der Waals surface area contributed by atoms with Crippen LogP contribution in [0.3, 0.4) is 0 Å². The molecule has 0 saturated carbocycles. The van der Waals surface area contributed by atoms with E-state index in [4.69, 9.17) is 14.9 Å². The molecule has 0 unspecified atom stereocenters. The number of rotatable bonds is 4. The predicted molar refractivity (Wildman–Crippen MR) is 58.0 cm³/mol. The maximum atomic E-state index is 11.4. The van der Waals surface area contributed by atoms with Gasteiger partial charge in [-0.3, -0.25) is 0 Å². The van der Waals surface area contributed by atoms with E-state index in [0.717, 1.165) is 18.8 Å². The average molecular weight is 208 g/mol. The Labute approximate surface area is 88.9 Å². The van der Waals surface area contributed by atoms with Crippen LogP contribution in [-0.4, -0.2) is 30.6 Å². The summed E-state index contributed by atoms with van der Waals surface area (Å²) in [7, 11) is 1.99. The summed E-state index contributed by atoms with van der Waals surface area (Å²) in [5.74, 6) is -0.843. The van der Waals surface area contributed by atoms with Crippen LogP contribution in [0.2, 0.25) is 6.32 Å². The number of carbonyl (C=O) groups excluding carboxylic acids is 1. The van der Waals surface area contributed by atoms with Crippen LogP contribution in [0.4, 0.5) is 0 Å². The molecule has 0 saturated heterocycles. The molecule has 0 atom stereocenters. The molecule has 0 heterocycles. The zero-order chi connectivity index (χ0) is 11.3. The van der Waals surface area contributed by atoms with Crippen molar-refractivity contribution >= 4 is 13.8 Å². The molecule has 2 N–H and O–H groups in total. The minimum absolute atomic E-state index is 0.155. The fourth-order valence-electron chi connectivity index (χ4n) is 1.11. The van der Waals surface area contributed by atoms with Gasteiger partial charge in [-0.15, -0.1) is 0 Å². The molecule has 0 aromatic heterocycles. The van der Waals surface area contributed by atoms with Gasteiger partial charge in [0.05, 0.1) is 12.2 Å². The fourth-order valence-corrected chi connectivity index (χ4v) is 1.11. The molecule has 0 radical (unpaired) electrons. The average Bonchev–Trinajstić information content (AvgIpc) is 2.16. The summed E-state index contributed by atoms with van der Waals surface area (Å²) in [6, 6.07) is 3.67. The number of phenolic OH excluding ortho intramolecular Hbond substituents is 2. The lowest BCUT2D eigenvalue weighted by atomic mass is 10.0. The van der Waals surface area contributed by atoms with Gasteiger partial charge in [0.1, 0.15) is 19.3 Å². The van der Waals surface area contributed by atoms with E-state index in [1.54, 1.807) is 0 Å². The third-order valence-electron chi connectivity index (χ3n) is 1.87. The number of carbonyl (C=O) groups is 1. The van der Waals surface area contributed by atoms with Gasteiger partial charge < -0.3 is 14.9 Å². The second-order valence-corrected chi connectivity index (χ2v) is 3.23. The summed E-state index contributed by atoms with van der Waals surface area (Å²) in [5, 5.41) is 18.3. The Morgan fingerprint density at radius 1 is 1.27 bits per heavy atom. The van der Waals surface area contributed by atoms with Crippen LogP contribution in [0.15, 0.2) is 18.2 Å². The van der Waals surface area contributed by atoms with Crippen LogP contribution < -0.4 is 0 Å². The molecule has 0 spiro atoms. The smallest absolute Gasteiger partial charge is 0.338 e. The molecule has 0 aliphatic heterocycles. The largest absolute Gasteiger partial charge is 0.508 e. The minimum Gasteiger partial charge on any atom is -0.508 e. The van der Waals surface area contributed by atoms with Crippen LogP contribution in [-0.2, 0) is 4.74 Å². The van der Waals surface area contributed by atoms with Crippen molar-refractivity contribution in [1.29, 1.82) is 0 Å². The van der Waals surface area contributed by atoms with Gasteiger partial charge >= 0.3 is 5.97 Å². The maximum Gasteiger partial charge on any atom is 0.338 e. The molecule has 1 aromatic carbocycles. The number of phenols is 2. The normalized spacial score (nSPS) is 9.87. The molecule has 0 amide bonds. The van der Waals surface area contributed by atoms with Gasteiger partial charge in [-0.05, 0) is 18.6 Å². The quantitative estimate of drug-likeness (QED) is 0.434. The Morgan fingerprint density at radius 3 is 2.40 bits per heavy atom. The number of esters is 1. The molecule has 1 aromatic rings. The van der Waals surface area contributed by atoms with Gasteiger partial charge in [-0.2, -0.15) is 0 Å². The molecule has 0 aliphatic carbocycles. The standard InChI is InChI=1S/C10H13BO4/c11-2-1-3-15-10(14)7-4-8(12)6-9(13)5-7/h4-6,12-13H,1-3,11H2. The number of aromatic hydroxyl groups is 2. The number of hydrogen-bond acceptors (Lipinski definition) is 4. The molecule has 80 valence electrons. The summed E-state index contributed by atoms with van der Waals surface area (Å²) in [4.78, 5) is 11.4. The van der Waals surface area contributed by atoms with Crippen LogP contribution in [0.25, 0.3) is 0 Å². The SMILES string of the molecule is BCCCOC(=O)c1cc(O)cc(O)c1. The first kappa shape index (κ1) is 11.4. The van der Waals surface area contributed by atoms with E-state index in [-0.39, 0.29) is 17.1 Å². The summed E-state index contributed by atoms with van der Waals surface area (Å²) >= 11 is 0. The lowest BCUT2D eigenvalue weighted by Gasteiger charge is -2.04. The fraction of sp³-hybridized carbons (Fsp3) is 0.300. The first-order valence-corrected chi connectivity index (χ1v) is 4.83. The molecule has 1 rings (SSSR count). The molecule has 0 bridgehead atoms. The lowest BCUT2D eigenvalue weighted by molar-refractivity contribution is 0.0504. The Bertz CT molecular complexity index is 331. The van der Waals surface area contributed by atoms with Crippen molar-refractivity contribution < 1.29 is 19.7 Å². The second kappa shape index (κ2) is 5.29. The summed E-state index contributed by atoms with van der Waals surface area (Å²) in [6.45, 7) is 0.353. The molecular weight excluding hydrogens is 195 g/mol. The Hall–Kier alpha value is -1.65. The molecule has 4 nitrogen and oxygen atoms in total. The first-order valence-electron chi connectivity index (χ1n) is 4.83. The minimum atomic E-state index is -0.533. The maximum absolute atomic E-state index is 11.4. The van der Waals surface area contributed by atoms with E-state index < -0.39 is 5.97 Å². The first-order chi connectivity index (χ1) is 7.13. The molecule has 0 aliphatic rings. The molecule has 0 fully saturated rings. The van der Waals surface area contributed by atoms with Gasteiger partial charge in [0.15, 0.2) is 0 Å². The number of ether oxygens (including phenoxy) is 1. The second-order valence-electron chi connectivity index (χ2n) is 3.23. The van der Waals surface area contributed by atoms with Gasteiger partial charge in [-0.25, -0.2) is 4.79 Å². The summed E-state index contributed by atoms with van der Waals surface area (Å²) in [5.41, 5.74) is 0.156. The van der Waals surface area contributed by atoms with Gasteiger partial charge in [0.25, 0.3) is 0 Å². The van der Waals surface area contributed by atoms with Crippen LogP contribution in [0.5, 0.6) is 11.5 Å². The third-order valence-corrected chi connectivity index (χ3v) is 1.87. The monoisotopic (exact) mass is 208 g/mol. The zero-order valence-corrected chi connectivity index (χ0v) is 8.56. The van der Waals surface area contributed by atoms with Crippen molar-refractivity contribution in [3.8, 4) is 11.5 Å². The van der Waals surface area contributed by atoms with Gasteiger partial charge in [-0.1, -0.05) is 6.32 Å². The van der Waals surface area contributed by atoms with E-state index >= 15 is 0 Å². The van der Waals surface area contributed by atoms with E-state index in [1.807, 2.05) is 7.85 Å². The zero-order valence-electron chi connectivity index (χ0n) is 8.56. The summed E-state index contributed by atoms with van der Waals surface area (Å²) < 4.78 is 4.92. The van der Waals surface area contributed by atoms with E-state index in [9.17, 15) is 4.79 Å². The Morgan fingerprint density at radius 2 is 1.87 bits per heavy atom. The van der Waals surface area contributed by atoms with E-state index in [2.05, 4.69) is 0 Å². The lowest BCUT2D eigenvalue weighted by Crippen LogP contribution is -2.06. The van der Waals surface area contributed by atoms with Crippen LogP contribution in [0, 0.1) is 0 Å². The van der Waals surface area contributed by atoms with Gasteiger partial charge in [0, 0.05) is 6.07 Å². The van der Waals surface area contributed by atoms with Crippen molar-refractivity contribution in [1.82, 2.24) is 0 Å². The number of hydrogen-bond donors (Lipinski definition) is 2. The molecule has 15 heavy (non-hydrogen) atoms. The van der Waals surface area contributed by atoms with Crippen molar-refractivity contribution in [2.24, 2.45) is 0 Å².